The number of nitrogens with one attached hydrogen (secondary N) is 1. The van der Waals surface area contributed by atoms with E-state index in [0.717, 1.165) is 17.9 Å². The van der Waals surface area contributed by atoms with Crippen LogP contribution in [0.5, 0.6) is 0 Å². The summed E-state index contributed by atoms with van der Waals surface area (Å²) in [6.07, 6.45) is 8.29. The van der Waals surface area contributed by atoms with Gasteiger partial charge in [-0.3, -0.25) is 4.90 Å². The molecular formula is C19H30Cl2N2. The summed E-state index contributed by atoms with van der Waals surface area (Å²) >= 11 is 0. The number of nitrogens with zero attached hydrogens (tertiary/aromatic N) is 1. The first-order valence-electron chi connectivity index (χ1n) is 8.92. The third-order valence-electron chi connectivity index (χ3n) is 6.17. The van der Waals surface area contributed by atoms with E-state index in [-0.39, 0.29) is 24.8 Å². The van der Waals surface area contributed by atoms with Crippen LogP contribution in [-0.4, -0.2) is 37.1 Å². The van der Waals surface area contributed by atoms with Gasteiger partial charge in [0.2, 0.25) is 0 Å². The number of hydrogen-bond donors (Lipinski definition) is 1. The van der Waals surface area contributed by atoms with Crippen LogP contribution in [0.1, 0.15) is 36.8 Å². The summed E-state index contributed by atoms with van der Waals surface area (Å²) < 4.78 is 0. The molecule has 1 aliphatic carbocycles. The summed E-state index contributed by atoms with van der Waals surface area (Å²) in [6, 6.07) is 9.85. The molecule has 4 rings (SSSR count). The van der Waals surface area contributed by atoms with Crippen molar-refractivity contribution in [2.75, 3.05) is 26.2 Å². The Hall–Kier alpha value is -0.280. The minimum absolute atomic E-state index is 0. The number of hydrogen-bond acceptors (Lipinski definition) is 2. The van der Waals surface area contributed by atoms with Gasteiger partial charge < -0.3 is 5.32 Å². The van der Waals surface area contributed by atoms with Crippen LogP contribution in [0.15, 0.2) is 24.3 Å². The van der Waals surface area contributed by atoms with Crippen LogP contribution in [0.25, 0.3) is 0 Å². The van der Waals surface area contributed by atoms with E-state index in [1.165, 1.54) is 64.7 Å². The zero-order valence-corrected chi connectivity index (χ0v) is 15.5. The Morgan fingerprint density at radius 1 is 0.783 bits per heavy atom. The highest BCUT2D eigenvalue weighted by Gasteiger charge is 2.32. The van der Waals surface area contributed by atoms with E-state index in [4.69, 9.17) is 0 Å². The largest absolute Gasteiger partial charge is 0.317 e. The molecule has 2 aliphatic heterocycles. The molecule has 2 saturated heterocycles. The van der Waals surface area contributed by atoms with Crippen molar-refractivity contribution < 1.29 is 0 Å². The summed E-state index contributed by atoms with van der Waals surface area (Å²) in [5, 5.41) is 3.51. The molecule has 3 aliphatic rings. The van der Waals surface area contributed by atoms with Gasteiger partial charge in [0, 0.05) is 6.04 Å². The van der Waals surface area contributed by atoms with Crippen LogP contribution in [0.2, 0.25) is 0 Å². The number of fused-ring (bicyclic) bond motifs is 1. The third-order valence-corrected chi connectivity index (χ3v) is 6.17. The van der Waals surface area contributed by atoms with Gasteiger partial charge in [-0.15, -0.1) is 24.8 Å². The molecule has 0 radical (unpaired) electrons. The SMILES string of the molecule is Cl.Cl.c1ccc2c(c1)CC(N1CCC(C3CCNCC3)CC1)C2. The molecule has 4 heteroatoms. The summed E-state index contributed by atoms with van der Waals surface area (Å²) in [5.41, 5.74) is 3.20. The van der Waals surface area contributed by atoms with Crippen LogP contribution in [0.3, 0.4) is 0 Å². The maximum atomic E-state index is 3.51. The van der Waals surface area contributed by atoms with Crippen molar-refractivity contribution in [1.82, 2.24) is 10.2 Å². The summed E-state index contributed by atoms with van der Waals surface area (Å²) in [5.74, 6) is 2.02. The monoisotopic (exact) mass is 356 g/mol. The number of rotatable bonds is 2. The van der Waals surface area contributed by atoms with Crippen LogP contribution in [0, 0.1) is 11.8 Å². The predicted molar refractivity (Wildman–Crippen MR) is 102 cm³/mol. The molecule has 0 unspecified atom stereocenters. The lowest BCUT2D eigenvalue weighted by molar-refractivity contribution is 0.1000. The number of piperidine rings is 2. The van der Waals surface area contributed by atoms with Crippen molar-refractivity contribution in [3.8, 4) is 0 Å². The Bertz CT molecular complexity index is 455. The highest BCUT2D eigenvalue weighted by atomic mass is 35.5. The van der Waals surface area contributed by atoms with E-state index in [0.29, 0.717) is 0 Å². The maximum absolute atomic E-state index is 3.51. The molecule has 0 amide bonds. The fourth-order valence-electron chi connectivity index (χ4n) is 4.87. The molecule has 0 bridgehead atoms. The van der Waals surface area contributed by atoms with Crippen molar-refractivity contribution in [2.24, 2.45) is 11.8 Å². The first-order chi connectivity index (χ1) is 10.4. The Morgan fingerprint density at radius 3 is 1.87 bits per heavy atom. The van der Waals surface area contributed by atoms with E-state index in [9.17, 15) is 0 Å². The number of halogens is 2. The maximum Gasteiger partial charge on any atom is 0.0176 e. The van der Waals surface area contributed by atoms with Gasteiger partial charge in [-0.05, 0) is 87.7 Å². The molecule has 1 aromatic rings. The summed E-state index contributed by atoms with van der Waals surface area (Å²) in [7, 11) is 0. The van der Waals surface area contributed by atoms with Gasteiger partial charge in [0.25, 0.3) is 0 Å². The fourth-order valence-corrected chi connectivity index (χ4v) is 4.87. The van der Waals surface area contributed by atoms with E-state index in [2.05, 4.69) is 34.5 Å². The molecule has 0 atom stereocenters. The molecule has 0 saturated carbocycles. The van der Waals surface area contributed by atoms with Crippen molar-refractivity contribution in [2.45, 2.75) is 44.6 Å². The second kappa shape index (κ2) is 8.71. The summed E-state index contributed by atoms with van der Waals surface area (Å²) in [4.78, 5) is 2.79. The fraction of sp³-hybridized carbons (Fsp3) is 0.684. The van der Waals surface area contributed by atoms with Gasteiger partial charge >= 0.3 is 0 Å². The first kappa shape index (κ1) is 19.1. The standard InChI is InChI=1S/C19H28N2.2ClH/c1-2-4-18-14-19(13-17(18)3-1)21-11-7-16(8-12-21)15-5-9-20-10-6-15;;/h1-4,15-16,19-20H,5-14H2;2*1H. The zero-order chi connectivity index (χ0) is 14.1. The number of benzene rings is 1. The van der Waals surface area contributed by atoms with Crippen molar-refractivity contribution >= 4 is 24.8 Å². The zero-order valence-electron chi connectivity index (χ0n) is 13.9. The van der Waals surface area contributed by atoms with E-state index >= 15 is 0 Å². The molecule has 2 nitrogen and oxygen atoms in total. The van der Waals surface area contributed by atoms with Crippen LogP contribution in [-0.2, 0) is 12.8 Å². The average molecular weight is 357 g/mol. The summed E-state index contributed by atoms with van der Waals surface area (Å²) in [6.45, 7) is 5.19. The molecule has 1 aromatic carbocycles. The molecule has 23 heavy (non-hydrogen) atoms. The second-order valence-corrected chi connectivity index (χ2v) is 7.29. The van der Waals surface area contributed by atoms with Crippen LogP contribution < -0.4 is 5.32 Å². The van der Waals surface area contributed by atoms with Gasteiger partial charge in [0.15, 0.2) is 0 Å². The van der Waals surface area contributed by atoms with Gasteiger partial charge in [0.05, 0.1) is 0 Å². The van der Waals surface area contributed by atoms with E-state index in [1.807, 2.05) is 0 Å². The van der Waals surface area contributed by atoms with Gasteiger partial charge in [-0.1, -0.05) is 24.3 Å². The third kappa shape index (κ3) is 4.22. The van der Waals surface area contributed by atoms with Gasteiger partial charge in [-0.2, -0.15) is 0 Å². The average Bonchev–Trinajstić information content (AvgIpc) is 3.00. The van der Waals surface area contributed by atoms with E-state index < -0.39 is 0 Å². The van der Waals surface area contributed by atoms with Gasteiger partial charge in [0.1, 0.15) is 0 Å². The molecule has 1 N–H and O–H groups in total. The molecule has 0 aromatic heterocycles. The highest BCUT2D eigenvalue weighted by Crippen LogP contribution is 2.33. The van der Waals surface area contributed by atoms with Crippen molar-refractivity contribution in [1.29, 1.82) is 0 Å². The Balaban J connectivity index is 0.000000960. The lowest BCUT2D eigenvalue weighted by Gasteiger charge is -2.40. The van der Waals surface area contributed by atoms with Crippen molar-refractivity contribution in [3.05, 3.63) is 35.4 Å². The smallest absolute Gasteiger partial charge is 0.0176 e. The topological polar surface area (TPSA) is 15.3 Å². The molecule has 130 valence electrons. The molecule has 2 fully saturated rings. The highest BCUT2D eigenvalue weighted by molar-refractivity contribution is 5.85. The van der Waals surface area contributed by atoms with E-state index in [1.54, 1.807) is 11.1 Å². The first-order valence-corrected chi connectivity index (χ1v) is 8.92. The second-order valence-electron chi connectivity index (χ2n) is 7.29. The Morgan fingerprint density at radius 2 is 1.30 bits per heavy atom. The molecule has 0 spiro atoms. The molecule has 2 heterocycles. The quantitative estimate of drug-likeness (QED) is 0.868. The van der Waals surface area contributed by atoms with Crippen LogP contribution >= 0.6 is 24.8 Å². The normalized spacial score (nSPS) is 23.8. The predicted octanol–water partition coefficient (Wildman–Crippen LogP) is 3.71. The Labute approximate surface area is 153 Å². The molecular weight excluding hydrogens is 327 g/mol. The van der Waals surface area contributed by atoms with Crippen LogP contribution in [0.4, 0.5) is 0 Å². The minimum atomic E-state index is 0. The lowest BCUT2D eigenvalue weighted by atomic mass is 9.79. The van der Waals surface area contributed by atoms with Gasteiger partial charge in [-0.25, -0.2) is 0 Å². The lowest BCUT2D eigenvalue weighted by Crippen LogP contribution is -2.44. The minimum Gasteiger partial charge on any atom is -0.317 e. The Kier molecular flexibility index (Phi) is 7.21. The van der Waals surface area contributed by atoms with Crippen molar-refractivity contribution in [3.63, 3.8) is 0 Å². The number of likely N-dealkylation sites (tertiary alicyclic amines) is 1.